The van der Waals surface area contributed by atoms with Crippen molar-refractivity contribution in [1.82, 2.24) is 20.2 Å². The molecule has 1 saturated heterocycles. The van der Waals surface area contributed by atoms with Crippen LogP contribution in [-0.2, 0) is 17.8 Å². The highest BCUT2D eigenvalue weighted by Crippen LogP contribution is 2.31. The van der Waals surface area contributed by atoms with E-state index < -0.39 is 0 Å². The lowest BCUT2D eigenvalue weighted by Gasteiger charge is -2.27. The molecule has 0 saturated carbocycles. The number of nitrogens with one attached hydrogen (secondary N) is 2. The Labute approximate surface area is 171 Å². The molecule has 2 N–H and O–H groups in total. The van der Waals surface area contributed by atoms with Crippen LogP contribution in [0.1, 0.15) is 21.6 Å². The Morgan fingerprint density at radius 1 is 1.10 bits per heavy atom. The molecular weight excluding hydrogens is 389 g/mol. The van der Waals surface area contributed by atoms with Crippen molar-refractivity contribution in [3.05, 3.63) is 59.2 Å². The van der Waals surface area contributed by atoms with Gasteiger partial charge in [-0.3, -0.25) is 9.89 Å². The number of fused-ring (bicyclic) bond motifs is 1. The Hall–Kier alpha value is -3.53. The molecule has 1 amide bonds. The van der Waals surface area contributed by atoms with E-state index in [1.54, 1.807) is 6.20 Å². The Morgan fingerprint density at radius 3 is 2.70 bits per heavy atom. The fourth-order valence-corrected chi connectivity index (χ4v) is 3.62. The molecule has 154 valence electrons. The van der Waals surface area contributed by atoms with Crippen LogP contribution >= 0.6 is 0 Å². The first kappa shape index (κ1) is 18.5. The molecule has 4 heterocycles. The quantitative estimate of drug-likeness (QED) is 0.679. The number of H-pyrrole nitrogens is 1. The second-order valence-electron chi connectivity index (χ2n) is 7.16. The predicted octanol–water partition coefficient (Wildman–Crippen LogP) is 1.95. The maximum Gasteiger partial charge on any atom is 0.256 e. The summed E-state index contributed by atoms with van der Waals surface area (Å²) in [5, 5.41) is 10.0. The van der Waals surface area contributed by atoms with Crippen molar-refractivity contribution in [2.75, 3.05) is 41.4 Å². The van der Waals surface area contributed by atoms with Gasteiger partial charge < -0.3 is 19.9 Å². The van der Waals surface area contributed by atoms with E-state index in [0.717, 1.165) is 30.2 Å². The van der Waals surface area contributed by atoms with Crippen molar-refractivity contribution in [3.8, 4) is 0 Å². The van der Waals surface area contributed by atoms with E-state index in [4.69, 9.17) is 9.72 Å². The number of ether oxygens (including phenoxy) is 1. The van der Waals surface area contributed by atoms with Gasteiger partial charge in [-0.05, 0) is 30.3 Å². The van der Waals surface area contributed by atoms with E-state index in [1.807, 2.05) is 6.07 Å². The lowest BCUT2D eigenvalue weighted by Crippen LogP contribution is -2.37. The summed E-state index contributed by atoms with van der Waals surface area (Å²) in [5.41, 5.74) is 2.21. The van der Waals surface area contributed by atoms with Gasteiger partial charge in [-0.2, -0.15) is 10.1 Å². The minimum atomic E-state index is -0.385. The van der Waals surface area contributed by atoms with E-state index in [-0.39, 0.29) is 11.7 Å². The van der Waals surface area contributed by atoms with Crippen LogP contribution in [-0.4, -0.2) is 52.4 Å². The van der Waals surface area contributed by atoms with Crippen LogP contribution in [0.5, 0.6) is 0 Å². The Kier molecular flexibility index (Phi) is 4.75. The summed E-state index contributed by atoms with van der Waals surface area (Å²) in [6.07, 6.45) is 1.76. The first-order valence-corrected chi connectivity index (χ1v) is 9.71. The number of morpholine rings is 1. The predicted molar refractivity (Wildman–Crippen MR) is 108 cm³/mol. The highest BCUT2D eigenvalue weighted by atomic mass is 19.1. The Bertz CT molecular complexity index is 1060. The molecule has 10 heteroatoms. The minimum Gasteiger partial charge on any atom is -0.378 e. The molecule has 2 aliphatic heterocycles. The van der Waals surface area contributed by atoms with Crippen LogP contribution in [0.25, 0.3) is 0 Å². The van der Waals surface area contributed by atoms with Crippen molar-refractivity contribution >= 4 is 23.5 Å². The molecule has 30 heavy (non-hydrogen) atoms. The van der Waals surface area contributed by atoms with Gasteiger partial charge in [0.1, 0.15) is 11.6 Å². The normalized spacial score (nSPS) is 15.9. The summed E-state index contributed by atoms with van der Waals surface area (Å²) in [6.45, 7) is 4.05. The summed E-state index contributed by atoms with van der Waals surface area (Å²) >= 11 is 0. The van der Waals surface area contributed by atoms with Gasteiger partial charge in [0.05, 0.1) is 32.0 Å². The maximum atomic E-state index is 13.1. The lowest BCUT2D eigenvalue weighted by atomic mass is 10.2. The van der Waals surface area contributed by atoms with Gasteiger partial charge in [-0.1, -0.05) is 0 Å². The highest BCUT2D eigenvalue weighted by molar-refractivity contribution is 6.04. The number of anilines is 3. The zero-order chi connectivity index (χ0) is 20.5. The summed E-state index contributed by atoms with van der Waals surface area (Å²) in [5.74, 6) is 1.26. The van der Waals surface area contributed by atoms with Gasteiger partial charge in [0.25, 0.3) is 5.91 Å². The van der Waals surface area contributed by atoms with Crippen LogP contribution < -0.4 is 15.1 Å². The average molecular weight is 409 g/mol. The number of amides is 1. The third-order valence-electron chi connectivity index (χ3n) is 5.24. The topological polar surface area (TPSA) is 99.3 Å². The molecule has 2 aromatic heterocycles. The number of hydrogen-bond donors (Lipinski definition) is 2. The average Bonchev–Trinajstić information content (AvgIpc) is 3.37. The van der Waals surface area contributed by atoms with Gasteiger partial charge in [-0.25, -0.2) is 9.37 Å². The first-order chi connectivity index (χ1) is 14.7. The number of halogens is 1. The van der Waals surface area contributed by atoms with Gasteiger partial charge in [0, 0.05) is 30.4 Å². The third kappa shape index (κ3) is 3.57. The number of aromatic amines is 1. The second kappa shape index (κ2) is 7.71. The molecule has 5 rings (SSSR count). The van der Waals surface area contributed by atoms with Crippen LogP contribution in [0.2, 0.25) is 0 Å². The molecule has 0 bridgehead atoms. The summed E-state index contributed by atoms with van der Waals surface area (Å²) in [6, 6.07) is 7.27. The zero-order valence-corrected chi connectivity index (χ0v) is 16.1. The summed E-state index contributed by atoms with van der Waals surface area (Å²) in [7, 11) is 0. The second-order valence-corrected chi connectivity index (χ2v) is 7.16. The van der Waals surface area contributed by atoms with E-state index in [2.05, 4.69) is 30.3 Å². The van der Waals surface area contributed by atoms with Crippen molar-refractivity contribution in [2.45, 2.75) is 13.1 Å². The van der Waals surface area contributed by atoms with Crippen LogP contribution in [0.15, 0.2) is 36.5 Å². The number of aromatic nitrogens is 4. The third-order valence-corrected chi connectivity index (χ3v) is 5.24. The van der Waals surface area contributed by atoms with Gasteiger partial charge in [0.15, 0.2) is 5.82 Å². The van der Waals surface area contributed by atoms with Gasteiger partial charge in [-0.15, -0.1) is 0 Å². The molecule has 0 unspecified atom stereocenters. The number of rotatable bonds is 4. The Balaban J connectivity index is 1.31. The first-order valence-electron chi connectivity index (χ1n) is 9.71. The van der Waals surface area contributed by atoms with Crippen molar-refractivity contribution in [1.29, 1.82) is 0 Å². The van der Waals surface area contributed by atoms with E-state index in [0.29, 0.717) is 43.6 Å². The lowest BCUT2D eigenvalue weighted by molar-refractivity contribution is 0.102. The molecule has 0 aliphatic carbocycles. The number of carbonyl (C=O) groups excluding carboxylic acids is 1. The molecule has 1 aromatic carbocycles. The van der Waals surface area contributed by atoms with E-state index in [1.165, 1.54) is 24.3 Å². The van der Waals surface area contributed by atoms with Crippen molar-refractivity contribution < 1.29 is 13.9 Å². The standard InChI is InChI=1S/C20H20FN7O2/c21-14-3-1-13(2-4-14)19(29)24-18-15-11-28(12-16(15)25-26-18)17-5-6-22-20(23-17)27-7-9-30-10-8-27/h1-6H,7-12H2,(H2,24,25,26,29). The van der Waals surface area contributed by atoms with Crippen molar-refractivity contribution in [2.24, 2.45) is 0 Å². The van der Waals surface area contributed by atoms with Gasteiger partial charge in [0.2, 0.25) is 5.95 Å². The van der Waals surface area contributed by atoms with Crippen LogP contribution in [0.4, 0.5) is 22.0 Å². The van der Waals surface area contributed by atoms with Gasteiger partial charge >= 0.3 is 0 Å². The molecular formula is C20H20FN7O2. The molecule has 9 nitrogen and oxygen atoms in total. The largest absolute Gasteiger partial charge is 0.378 e. The molecule has 1 fully saturated rings. The van der Waals surface area contributed by atoms with Crippen molar-refractivity contribution in [3.63, 3.8) is 0 Å². The molecule has 0 spiro atoms. The highest BCUT2D eigenvalue weighted by Gasteiger charge is 2.27. The molecule has 2 aliphatic rings. The molecule has 0 radical (unpaired) electrons. The smallest absolute Gasteiger partial charge is 0.256 e. The van der Waals surface area contributed by atoms with E-state index >= 15 is 0 Å². The zero-order valence-electron chi connectivity index (χ0n) is 16.1. The maximum absolute atomic E-state index is 13.1. The number of carbonyl (C=O) groups is 1. The summed E-state index contributed by atoms with van der Waals surface area (Å²) in [4.78, 5) is 25.8. The SMILES string of the molecule is O=C(Nc1n[nH]c2c1CN(c1ccnc(N3CCOCC3)n1)C2)c1ccc(F)cc1. The monoisotopic (exact) mass is 409 g/mol. The molecule has 3 aromatic rings. The Morgan fingerprint density at radius 2 is 1.90 bits per heavy atom. The fourth-order valence-electron chi connectivity index (χ4n) is 3.62. The summed E-state index contributed by atoms with van der Waals surface area (Å²) < 4.78 is 18.5. The van der Waals surface area contributed by atoms with Crippen LogP contribution in [0.3, 0.4) is 0 Å². The fraction of sp³-hybridized carbons (Fsp3) is 0.300. The van der Waals surface area contributed by atoms with Crippen LogP contribution in [0, 0.1) is 5.82 Å². The number of hydrogen-bond acceptors (Lipinski definition) is 7. The van der Waals surface area contributed by atoms with E-state index in [9.17, 15) is 9.18 Å². The number of nitrogens with zero attached hydrogens (tertiary/aromatic N) is 5. The molecule has 0 atom stereocenters. The minimum absolute atomic E-state index is 0.334. The number of benzene rings is 1.